The van der Waals surface area contributed by atoms with Crippen molar-refractivity contribution in [2.75, 3.05) is 12.8 Å². The lowest BCUT2D eigenvalue weighted by Gasteiger charge is -2.16. The Morgan fingerprint density at radius 2 is 2.00 bits per heavy atom. The summed E-state index contributed by atoms with van der Waals surface area (Å²) in [6, 6.07) is 9.86. The van der Waals surface area contributed by atoms with Gasteiger partial charge >= 0.3 is 0 Å². The molecule has 1 amide bonds. The van der Waals surface area contributed by atoms with Gasteiger partial charge in [0.15, 0.2) is 5.16 Å². The molecule has 3 aromatic rings. The second-order valence-electron chi connectivity index (χ2n) is 7.27. The van der Waals surface area contributed by atoms with Gasteiger partial charge in [0.1, 0.15) is 5.82 Å². The topological polar surface area (TPSA) is 77.6 Å². The van der Waals surface area contributed by atoms with E-state index in [9.17, 15) is 4.79 Å². The predicted octanol–water partition coefficient (Wildman–Crippen LogP) is 3.66. The Hall–Kier alpha value is -2.61. The summed E-state index contributed by atoms with van der Waals surface area (Å²) in [4.78, 5) is 12.4. The highest BCUT2D eigenvalue weighted by molar-refractivity contribution is 7.98. The third-order valence-corrected chi connectivity index (χ3v) is 6.01. The number of carbonyl (C=O) groups excluding carboxylic acids is 1. The molecule has 0 atom stereocenters. The summed E-state index contributed by atoms with van der Waals surface area (Å²) in [5.74, 6) is 0.984. The standard InChI is InChI=1S/C21H26N6OS/c1-29-21-25-24-19(27(21)18-6-2-3-7-18)8-4-13-22-20(28)16-9-11-17(12-10-16)26-15-5-14-23-26/h5,9-12,14-15,18H,2-4,6-8,13H2,1H3,(H,22,28). The number of nitrogens with one attached hydrogen (secondary N) is 1. The molecule has 0 radical (unpaired) electrons. The molecule has 1 fully saturated rings. The summed E-state index contributed by atoms with van der Waals surface area (Å²) >= 11 is 1.66. The fourth-order valence-corrected chi connectivity index (χ4v) is 4.46. The van der Waals surface area contributed by atoms with Gasteiger partial charge in [-0.05, 0) is 55.9 Å². The summed E-state index contributed by atoms with van der Waals surface area (Å²) < 4.78 is 4.10. The molecule has 1 aromatic carbocycles. The number of rotatable bonds is 8. The molecule has 1 N–H and O–H groups in total. The number of nitrogens with zero attached hydrogens (tertiary/aromatic N) is 5. The van der Waals surface area contributed by atoms with Crippen molar-refractivity contribution in [3.8, 4) is 5.69 Å². The summed E-state index contributed by atoms with van der Waals surface area (Å²) in [5, 5.41) is 17.0. The first-order valence-electron chi connectivity index (χ1n) is 10.1. The Labute approximate surface area is 174 Å². The Balaban J connectivity index is 1.29. The monoisotopic (exact) mass is 410 g/mol. The quantitative estimate of drug-likeness (QED) is 0.453. The molecule has 2 aromatic heterocycles. The average molecular weight is 411 g/mol. The van der Waals surface area contributed by atoms with Crippen LogP contribution in [0.3, 0.4) is 0 Å². The van der Waals surface area contributed by atoms with Crippen molar-refractivity contribution in [2.45, 2.75) is 49.7 Å². The van der Waals surface area contributed by atoms with Crippen molar-refractivity contribution < 1.29 is 4.79 Å². The molecular weight excluding hydrogens is 384 g/mol. The van der Waals surface area contributed by atoms with Crippen molar-refractivity contribution >= 4 is 17.7 Å². The van der Waals surface area contributed by atoms with Crippen molar-refractivity contribution in [3.05, 3.63) is 54.1 Å². The lowest BCUT2D eigenvalue weighted by molar-refractivity contribution is 0.0953. The van der Waals surface area contributed by atoms with E-state index in [1.54, 1.807) is 22.6 Å². The van der Waals surface area contributed by atoms with Gasteiger partial charge in [0.2, 0.25) is 0 Å². The van der Waals surface area contributed by atoms with Crippen molar-refractivity contribution in [1.29, 1.82) is 0 Å². The maximum Gasteiger partial charge on any atom is 0.251 e. The molecule has 1 saturated carbocycles. The molecule has 152 valence electrons. The number of benzene rings is 1. The van der Waals surface area contributed by atoms with E-state index in [-0.39, 0.29) is 5.91 Å². The highest BCUT2D eigenvalue weighted by atomic mass is 32.2. The van der Waals surface area contributed by atoms with Gasteiger partial charge in [-0.1, -0.05) is 24.6 Å². The lowest BCUT2D eigenvalue weighted by Crippen LogP contribution is -2.25. The summed E-state index contributed by atoms with van der Waals surface area (Å²) in [6.07, 6.45) is 12.3. The van der Waals surface area contributed by atoms with Crippen LogP contribution in [0.25, 0.3) is 5.69 Å². The minimum atomic E-state index is -0.0564. The second-order valence-corrected chi connectivity index (χ2v) is 8.04. The van der Waals surface area contributed by atoms with Crippen LogP contribution in [0.15, 0.2) is 47.9 Å². The van der Waals surface area contributed by atoms with Crippen LogP contribution in [0.4, 0.5) is 0 Å². The predicted molar refractivity (Wildman–Crippen MR) is 114 cm³/mol. The van der Waals surface area contributed by atoms with E-state index in [0.29, 0.717) is 18.2 Å². The first kappa shape index (κ1) is 19.7. The second kappa shape index (κ2) is 9.26. The molecule has 4 rings (SSSR count). The van der Waals surface area contributed by atoms with Gasteiger partial charge in [-0.25, -0.2) is 4.68 Å². The van der Waals surface area contributed by atoms with Crippen LogP contribution in [0.5, 0.6) is 0 Å². The average Bonchev–Trinajstić information content (AvgIpc) is 3.52. The van der Waals surface area contributed by atoms with Crippen molar-refractivity contribution in [3.63, 3.8) is 0 Å². The number of thioether (sulfide) groups is 1. The van der Waals surface area contributed by atoms with E-state index in [1.807, 2.05) is 36.5 Å². The van der Waals surface area contributed by atoms with Crippen molar-refractivity contribution in [2.24, 2.45) is 0 Å². The normalized spacial score (nSPS) is 14.4. The van der Waals surface area contributed by atoms with Gasteiger partial charge in [-0.15, -0.1) is 10.2 Å². The number of carbonyl (C=O) groups is 1. The van der Waals surface area contributed by atoms with Crippen LogP contribution in [-0.4, -0.2) is 43.3 Å². The third-order valence-electron chi connectivity index (χ3n) is 5.37. The molecule has 0 saturated heterocycles. The Kier molecular flexibility index (Phi) is 6.29. The van der Waals surface area contributed by atoms with Gasteiger partial charge in [-0.3, -0.25) is 4.79 Å². The molecule has 1 aliphatic rings. The van der Waals surface area contributed by atoms with Crippen LogP contribution >= 0.6 is 11.8 Å². The van der Waals surface area contributed by atoms with Crippen LogP contribution in [0, 0.1) is 0 Å². The summed E-state index contributed by atoms with van der Waals surface area (Å²) in [7, 11) is 0. The molecule has 7 nitrogen and oxygen atoms in total. The first-order chi connectivity index (χ1) is 14.3. The van der Waals surface area contributed by atoms with Gasteiger partial charge in [0, 0.05) is 37.0 Å². The van der Waals surface area contributed by atoms with E-state index in [1.165, 1.54) is 25.7 Å². The van der Waals surface area contributed by atoms with Crippen LogP contribution in [-0.2, 0) is 6.42 Å². The molecular formula is C21H26N6OS. The van der Waals surface area contributed by atoms with E-state index >= 15 is 0 Å². The molecule has 0 spiro atoms. The zero-order chi connectivity index (χ0) is 20.1. The van der Waals surface area contributed by atoms with E-state index in [4.69, 9.17) is 0 Å². The number of hydrogen-bond acceptors (Lipinski definition) is 5. The highest BCUT2D eigenvalue weighted by Gasteiger charge is 2.23. The molecule has 8 heteroatoms. The third kappa shape index (κ3) is 4.53. The van der Waals surface area contributed by atoms with Gasteiger partial charge in [-0.2, -0.15) is 5.10 Å². The molecule has 0 unspecified atom stereocenters. The van der Waals surface area contributed by atoms with Gasteiger partial charge in [0.05, 0.1) is 5.69 Å². The fourth-order valence-electron chi connectivity index (χ4n) is 3.88. The maximum absolute atomic E-state index is 12.4. The smallest absolute Gasteiger partial charge is 0.251 e. The van der Waals surface area contributed by atoms with E-state index < -0.39 is 0 Å². The Bertz CT molecular complexity index is 929. The number of aromatic nitrogens is 5. The summed E-state index contributed by atoms with van der Waals surface area (Å²) in [5.41, 5.74) is 1.59. The van der Waals surface area contributed by atoms with Crippen LogP contribution < -0.4 is 5.32 Å². The molecule has 0 aliphatic heterocycles. The Morgan fingerprint density at radius 1 is 1.21 bits per heavy atom. The van der Waals surface area contributed by atoms with Crippen LogP contribution in [0.2, 0.25) is 0 Å². The van der Waals surface area contributed by atoms with E-state index in [0.717, 1.165) is 29.5 Å². The largest absolute Gasteiger partial charge is 0.352 e. The minimum Gasteiger partial charge on any atom is -0.352 e. The zero-order valence-corrected chi connectivity index (χ0v) is 17.4. The molecule has 0 bridgehead atoms. The van der Waals surface area contributed by atoms with Gasteiger partial charge < -0.3 is 9.88 Å². The highest BCUT2D eigenvalue weighted by Crippen LogP contribution is 2.33. The van der Waals surface area contributed by atoms with Crippen LogP contribution in [0.1, 0.15) is 54.3 Å². The number of hydrogen-bond donors (Lipinski definition) is 1. The van der Waals surface area contributed by atoms with Crippen molar-refractivity contribution in [1.82, 2.24) is 29.9 Å². The maximum atomic E-state index is 12.4. The Morgan fingerprint density at radius 3 is 2.69 bits per heavy atom. The minimum absolute atomic E-state index is 0.0564. The number of aryl methyl sites for hydroxylation is 1. The molecule has 29 heavy (non-hydrogen) atoms. The van der Waals surface area contributed by atoms with Gasteiger partial charge in [0.25, 0.3) is 5.91 Å². The van der Waals surface area contributed by atoms with E-state index in [2.05, 4.69) is 31.4 Å². The number of amides is 1. The summed E-state index contributed by atoms with van der Waals surface area (Å²) in [6.45, 7) is 0.617. The first-order valence-corrected chi connectivity index (χ1v) is 11.3. The molecule has 1 aliphatic carbocycles. The zero-order valence-electron chi connectivity index (χ0n) is 16.6. The lowest BCUT2D eigenvalue weighted by atomic mass is 10.2. The molecule has 2 heterocycles. The fraction of sp³-hybridized carbons (Fsp3) is 0.429. The SMILES string of the molecule is CSc1nnc(CCCNC(=O)c2ccc(-n3cccn3)cc2)n1C1CCCC1.